The standard InChI is InChI=1S/C10H11ClO5/c1-9(2)5-3-4-10(9,7(13)6(5)12)8(14)16-11-15/h5H,3-4H2,1-2H3. The molecule has 2 bridgehead atoms. The average molecular weight is 247 g/mol. The Morgan fingerprint density at radius 2 is 2.12 bits per heavy atom. The summed E-state index contributed by atoms with van der Waals surface area (Å²) in [6.07, 6.45) is 0.795. The number of ketones is 2. The molecular weight excluding hydrogens is 236 g/mol. The molecule has 2 unspecified atom stereocenters. The normalized spacial score (nSPS) is 35.6. The third-order valence-electron chi connectivity index (χ3n) is 4.16. The van der Waals surface area contributed by atoms with Gasteiger partial charge in [0, 0.05) is 5.92 Å². The number of rotatable bonds is 2. The molecule has 0 aliphatic heterocycles. The Kier molecular flexibility index (Phi) is 2.36. The molecule has 2 atom stereocenters. The van der Waals surface area contributed by atoms with E-state index >= 15 is 0 Å². The molecule has 0 heterocycles. The maximum absolute atomic E-state index is 11.9. The van der Waals surface area contributed by atoms with Crippen LogP contribution >= 0.6 is 0 Å². The number of carbonyl (C=O) groups excluding carboxylic acids is 3. The van der Waals surface area contributed by atoms with Crippen LogP contribution in [0.15, 0.2) is 0 Å². The van der Waals surface area contributed by atoms with Gasteiger partial charge < -0.3 is 4.66 Å². The Hall–Kier alpha value is -0.940. The first-order chi connectivity index (χ1) is 7.39. The van der Waals surface area contributed by atoms with Crippen LogP contribution in [-0.2, 0) is 18.7 Å². The van der Waals surface area contributed by atoms with Crippen molar-refractivity contribution in [3.63, 3.8) is 0 Å². The van der Waals surface area contributed by atoms with Crippen molar-refractivity contribution >= 4 is 17.5 Å². The molecule has 2 aliphatic rings. The van der Waals surface area contributed by atoms with Gasteiger partial charge in [0.15, 0.2) is 0 Å². The van der Waals surface area contributed by atoms with E-state index in [1.54, 1.807) is 13.8 Å². The van der Waals surface area contributed by atoms with E-state index in [0.29, 0.717) is 12.8 Å². The first-order valence-electron chi connectivity index (χ1n) is 4.96. The van der Waals surface area contributed by atoms with Crippen LogP contribution in [0.2, 0.25) is 0 Å². The van der Waals surface area contributed by atoms with Crippen LogP contribution in [0.25, 0.3) is 0 Å². The number of fused-ring (bicyclic) bond motifs is 2. The highest BCUT2D eigenvalue weighted by atomic mass is 35.6. The van der Waals surface area contributed by atoms with Crippen LogP contribution in [0.1, 0.15) is 26.7 Å². The second kappa shape index (κ2) is 3.28. The SMILES string of the molecule is CC1(C)C2CCC1(C(=O)O[Cl+][O-])C(=O)C2=O. The molecular formula is C10H11ClO5. The van der Waals surface area contributed by atoms with Gasteiger partial charge in [-0.15, -0.1) is 0 Å². The van der Waals surface area contributed by atoms with Gasteiger partial charge in [0.2, 0.25) is 11.6 Å². The maximum Gasteiger partial charge on any atom is 0.396 e. The molecule has 5 nitrogen and oxygen atoms in total. The molecule has 0 radical (unpaired) electrons. The smallest absolute Gasteiger partial charge is 0.396 e. The summed E-state index contributed by atoms with van der Waals surface area (Å²) in [4.78, 5) is 35.3. The molecule has 0 aromatic heterocycles. The molecule has 0 aromatic rings. The van der Waals surface area contributed by atoms with Crippen molar-refractivity contribution in [2.24, 2.45) is 16.7 Å². The fraction of sp³-hybridized carbons (Fsp3) is 0.700. The van der Waals surface area contributed by atoms with Gasteiger partial charge in [-0.2, -0.15) is 4.29 Å². The number of carbonyl (C=O) groups is 3. The molecule has 88 valence electrons. The summed E-state index contributed by atoms with van der Waals surface area (Å²) in [5.74, 6) is -2.51. The van der Waals surface area contributed by atoms with Crippen molar-refractivity contribution in [2.75, 3.05) is 0 Å². The minimum Gasteiger partial charge on any atom is -0.495 e. The summed E-state index contributed by atoms with van der Waals surface area (Å²) in [5, 5.41) is 0. The Labute approximate surface area is 96.2 Å². The van der Waals surface area contributed by atoms with Crippen LogP contribution in [0.3, 0.4) is 0 Å². The fourth-order valence-electron chi connectivity index (χ4n) is 3.13. The lowest BCUT2D eigenvalue weighted by Crippen LogP contribution is -2.45. The van der Waals surface area contributed by atoms with E-state index in [-0.39, 0.29) is 11.3 Å². The molecule has 0 N–H and O–H groups in total. The lowest BCUT2D eigenvalue weighted by atomic mass is 9.69. The summed E-state index contributed by atoms with van der Waals surface area (Å²) >= 11 is 0.124. The van der Waals surface area contributed by atoms with E-state index in [1.165, 1.54) is 0 Å². The second-order valence-electron chi connectivity index (χ2n) is 4.84. The predicted molar refractivity (Wildman–Crippen MR) is 45.0 cm³/mol. The van der Waals surface area contributed by atoms with Crippen LogP contribution in [0.5, 0.6) is 0 Å². The third kappa shape index (κ3) is 1.02. The highest BCUT2D eigenvalue weighted by Crippen LogP contribution is 2.62. The van der Waals surface area contributed by atoms with E-state index in [9.17, 15) is 19.0 Å². The zero-order valence-corrected chi connectivity index (χ0v) is 9.67. The highest BCUT2D eigenvalue weighted by Gasteiger charge is 2.74. The monoisotopic (exact) mass is 246 g/mol. The number of hydrogen-bond donors (Lipinski definition) is 0. The summed E-state index contributed by atoms with van der Waals surface area (Å²) < 4.78 is 14.5. The summed E-state index contributed by atoms with van der Waals surface area (Å²) in [7, 11) is 0. The van der Waals surface area contributed by atoms with E-state index in [0.717, 1.165) is 0 Å². The molecule has 0 saturated heterocycles. The highest BCUT2D eigenvalue weighted by molar-refractivity contribution is 6.47. The summed E-state index contributed by atoms with van der Waals surface area (Å²) in [6.45, 7) is 3.41. The molecule has 2 fully saturated rings. The van der Waals surface area contributed by atoms with Gasteiger partial charge >= 0.3 is 17.3 Å². The minimum atomic E-state index is -1.44. The summed E-state index contributed by atoms with van der Waals surface area (Å²) in [6, 6.07) is 0. The van der Waals surface area contributed by atoms with Crippen molar-refractivity contribution in [2.45, 2.75) is 26.7 Å². The maximum atomic E-state index is 11.9. The molecule has 0 aromatic carbocycles. The van der Waals surface area contributed by atoms with Crippen LogP contribution in [0, 0.1) is 28.1 Å². The molecule has 2 rings (SSSR count). The Morgan fingerprint density at radius 3 is 2.56 bits per heavy atom. The fourth-order valence-corrected chi connectivity index (χ4v) is 3.32. The Morgan fingerprint density at radius 1 is 1.50 bits per heavy atom. The zero-order chi connectivity index (χ0) is 12.1. The predicted octanol–water partition coefficient (Wildman–Crippen LogP) is -0.621. The van der Waals surface area contributed by atoms with E-state index < -0.39 is 34.3 Å². The summed E-state index contributed by atoms with van der Waals surface area (Å²) in [5.41, 5.74) is -2.19. The van der Waals surface area contributed by atoms with Crippen LogP contribution < -0.4 is 4.66 Å². The van der Waals surface area contributed by atoms with Crippen molar-refractivity contribution < 1.29 is 34.7 Å². The molecule has 0 spiro atoms. The van der Waals surface area contributed by atoms with Gasteiger partial charge in [-0.3, -0.25) is 9.59 Å². The lowest BCUT2D eigenvalue weighted by Gasteiger charge is -2.30. The first-order valence-corrected chi connectivity index (χ1v) is 5.58. The third-order valence-corrected chi connectivity index (χ3v) is 4.36. The van der Waals surface area contributed by atoms with Gasteiger partial charge in [0.1, 0.15) is 5.41 Å². The topological polar surface area (TPSA) is 83.5 Å². The minimum absolute atomic E-state index is 0.124. The molecule has 2 saturated carbocycles. The quantitative estimate of drug-likeness (QED) is 0.479. The van der Waals surface area contributed by atoms with Gasteiger partial charge in [0.05, 0.1) is 0 Å². The number of halogens is 1. The van der Waals surface area contributed by atoms with Crippen molar-refractivity contribution in [1.29, 1.82) is 0 Å². The lowest BCUT2D eigenvalue weighted by molar-refractivity contribution is -1.26. The Bertz CT molecular complexity index is 389. The van der Waals surface area contributed by atoms with Gasteiger partial charge in [-0.25, -0.2) is 4.79 Å². The van der Waals surface area contributed by atoms with E-state index in [2.05, 4.69) is 4.29 Å². The van der Waals surface area contributed by atoms with Crippen molar-refractivity contribution in [1.82, 2.24) is 0 Å². The van der Waals surface area contributed by atoms with Crippen LogP contribution in [0.4, 0.5) is 0 Å². The van der Waals surface area contributed by atoms with Gasteiger partial charge in [-0.05, 0) is 18.3 Å². The van der Waals surface area contributed by atoms with E-state index in [4.69, 9.17) is 0 Å². The van der Waals surface area contributed by atoms with Crippen molar-refractivity contribution in [3.05, 3.63) is 0 Å². The second-order valence-corrected chi connectivity index (χ2v) is 5.12. The molecule has 0 amide bonds. The van der Waals surface area contributed by atoms with Crippen molar-refractivity contribution in [3.8, 4) is 0 Å². The van der Waals surface area contributed by atoms with Gasteiger partial charge in [-0.1, -0.05) is 13.8 Å². The number of hydrogen-bond acceptors (Lipinski definition) is 5. The number of Topliss-reactive ketones (excluding diaryl/α,β-unsaturated/α-hetero) is 2. The molecule has 16 heavy (non-hydrogen) atoms. The largest absolute Gasteiger partial charge is 0.495 e. The van der Waals surface area contributed by atoms with E-state index in [1.807, 2.05) is 0 Å². The first kappa shape index (κ1) is 11.5. The molecule has 2 aliphatic carbocycles. The Balaban J connectivity index is 2.49. The van der Waals surface area contributed by atoms with Gasteiger partial charge in [0.25, 0.3) is 0 Å². The average Bonchev–Trinajstić information content (AvgIpc) is 2.55. The molecule has 6 heteroatoms. The van der Waals surface area contributed by atoms with Crippen LogP contribution in [-0.4, -0.2) is 17.5 Å². The zero-order valence-electron chi connectivity index (χ0n) is 8.91.